The van der Waals surface area contributed by atoms with Gasteiger partial charge >= 0.3 is 5.51 Å². The van der Waals surface area contributed by atoms with Gasteiger partial charge in [0.1, 0.15) is 22.2 Å². The number of fused-ring (bicyclic) bond motifs is 1. The molecule has 1 amide bonds. The Morgan fingerprint density at radius 1 is 1.32 bits per heavy atom. The van der Waals surface area contributed by atoms with Crippen LogP contribution in [0.1, 0.15) is 22.5 Å². The van der Waals surface area contributed by atoms with Gasteiger partial charge in [-0.05, 0) is 36.3 Å². The summed E-state index contributed by atoms with van der Waals surface area (Å²) in [7, 11) is -0.262. The quantitative estimate of drug-likeness (QED) is 0.346. The zero-order chi connectivity index (χ0) is 27.5. The Morgan fingerprint density at radius 3 is 2.76 bits per heavy atom. The summed E-state index contributed by atoms with van der Waals surface area (Å²) < 4.78 is 70.2. The van der Waals surface area contributed by atoms with Gasteiger partial charge in [-0.25, -0.2) is 13.4 Å². The highest BCUT2D eigenvalue weighted by Crippen LogP contribution is 2.40. The number of hydrogen-bond donors (Lipinski definition) is 2. The van der Waals surface area contributed by atoms with Crippen LogP contribution in [0.4, 0.5) is 24.5 Å². The van der Waals surface area contributed by atoms with Crippen molar-refractivity contribution in [2.24, 2.45) is 4.99 Å². The zero-order valence-electron chi connectivity index (χ0n) is 20.2. The molecular weight excluding hydrogens is 543 g/mol. The minimum absolute atomic E-state index is 0.0123. The number of alkyl halides is 3. The Morgan fingerprint density at radius 2 is 2.11 bits per heavy atom. The molecule has 3 aromatic rings. The van der Waals surface area contributed by atoms with E-state index in [1.54, 1.807) is 24.3 Å². The number of benzene rings is 1. The lowest BCUT2D eigenvalue weighted by molar-refractivity contribution is -0.0330. The van der Waals surface area contributed by atoms with Gasteiger partial charge in [0.15, 0.2) is 15.5 Å². The molecule has 4 rings (SSSR count). The van der Waals surface area contributed by atoms with Crippen LogP contribution in [0, 0.1) is 11.8 Å². The first-order chi connectivity index (χ1) is 18.0. The number of rotatable bonds is 6. The van der Waals surface area contributed by atoms with E-state index in [0.29, 0.717) is 22.7 Å². The van der Waals surface area contributed by atoms with Crippen molar-refractivity contribution in [3.8, 4) is 17.6 Å². The minimum Gasteiger partial charge on any atom is -0.495 e. The monoisotopic (exact) mass is 565 g/mol. The lowest BCUT2D eigenvalue weighted by Gasteiger charge is -2.10. The number of carbonyl (C=O) groups excluding carboxylic acids is 1. The van der Waals surface area contributed by atoms with Crippen molar-refractivity contribution in [3.05, 3.63) is 47.8 Å². The number of pyridine rings is 1. The highest BCUT2D eigenvalue weighted by molar-refractivity contribution is 8.00. The topological polar surface area (TPSA) is 114 Å². The van der Waals surface area contributed by atoms with Gasteiger partial charge in [-0.15, -0.1) is 0 Å². The Labute approximate surface area is 220 Å². The number of carbonyl (C=O) groups is 1. The molecule has 38 heavy (non-hydrogen) atoms. The van der Waals surface area contributed by atoms with Crippen LogP contribution in [0.25, 0.3) is 5.65 Å². The van der Waals surface area contributed by atoms with Gasteiger partial charge in [-0.2, -0.15) is 13.2 Å². The molecule has 0 saturated carbocycles. The number of thioether (sulfide) groups is 1. The summed E-state index contributed by atoms with van der Waals surface area (Å²) in [6.07, 6.45) is 1.69. The van der Waals surface area contributed by atoms with E-state index in [-0.39, 0.29) is 64.2 Å². The third-order valence-corrected chi connectivity index (χ3v) is 7.84. The number of anilines is 1. The second-order valence-electron chi connectivity index (χ2n) is 8.07. The van der Waals surface area contributed by atoms with Gasteiger partial charge in [0, 0.05) is 42.7 Å². The molecule has 0 atom stereocenters. The average Bonchev–Trinajstić information content (AvgIpc) is 3.39. The van der Waals surface area contributed by atoms with Crippen LogP contribution in [0.5, 0.6) is 5.75 Å². The van der Waals surface area contributed by atoms with Crippen LogP contribution in [-0.4, -0.2) is 67.1 Å². The fraction of sp³-hybridized carbons (Fsp3) is 0.292. The van der Waals surface area contributed by atoms with E-state index >= 15 is 0 Å². The number of ether oxygens (including phenoxy) is 1. The van der Waals surface area contributed by atoms with Gasteiger partial charge in [0.25, 0.3) is 5.91 Å². The summed E-state index contributed by atoms with van der Waals surface area (Å²) in [6.45, 7) is 0.0483. The van der Waals surface area contributed by atoms with E-state index in [2.05, 4.69) is 32.5 Å². The lowest BCUT2D eigenvalue weighted by atomic mass is 10.1. The molecule has 9 nitrogen and oxygen atoms in total. The van der Waals surface area contributed by atoms with Crippen molar-refractivity contribution < 1.29 is 31.1 Å². The fourth-order valence-corrected chi connectivity index (χ4v) is 5.79. The van der Waals surface area contributed by atoms with Crippen molar-refractivity contribution >= 4 is 50.2 Å². The Hall–Kier alpha value is -3.70. The number of halogens is 3. The number of hydrogen-bond acceptors (Lipinski definition) is 8. The second kappa shape index (κ2) is 11.0. The Kier molecular flexibility index (Phi) is 7.89. The summed E-state index contributed by atoms with van der Waals surface area (Å²) in [4.78, 5) is 20.5. The number of aliphatic imine (C=N–C) groups is 1. The average molecular weight is 566 g/mol. The van der Waals surface area contributed by atoms with E-state index < -0.39 is 15.3 Å². The fourth-order valence-electron chi connectivity index (χ4n) is 3.73. The standard InChI is InChI=1S/C24H22F3N5O4S2/c1-28-22(33)15-7-8-17(20(13-15)36-2)29-10-3-5-19-23(37-24(25,26)27)32-11-4-6-18(21(32)31-19)30-16-9-12-38(34,35)14-16/h4,6-8,11,13,29H,9-10,12,14H2,1-2H3,(H,28,33). The predicted molar refractivity (Wildman–Crippen MR) is 139 cm³/mol. The largest absolute Gasteiger partial charge is 0.495 e. The van der Waals surface area contributed by atoms with E-state index in [4.69, 9.17) is 4.74 Å². The number of amides is 1. The van der Waals surface area contributed by atoms with Crippen LogP contribution in [0.3, 0.4) is 0 Å². The number of methoxy groups -OCH3 is 1. The zero-order valence-corrected chi connectivity index (χ0v) is 21.9. The molecule has 14 heteroatoms. The first-order valence-electron chi connectivity index (χ1n) is 11.2. The van der Waals surface area contributed by atoms with Crippen LogP contribution in [0.15, 0.2) is 46.5 Å². The molecule has 2 aromatic heterocycles. The first kappa shape index (κ1) is 27.3. The molecule has 0 radical (unpaired) electrons. The van der Waals surface area contributed by atoms with Gasteiger partial charge in [-0.3, -0.25) is 14.2 Å². The molecule has 0 bridgehead atoms. The van der Waals surface area contributed by atoms with Crippen LogP contribution >= 0.6 is 11.8 Å². The summed E-state index contributed by atoms with van der Waals surface area (Å²) in [6, 6.07) is 7.86. The maximum atomic E-state index is 13.4. The third kappa shape index (κ3) is 6.40. The molecule has 0 aliphatic carbocycles. The number of sulfone groups is 1. The number of aromatic nitrogens is 2. The SMILES string of the molecule is CNC(=O)c1ccc(NCC#Cc2nc3c(N=C4CCS(=O)(=O)C4)cccn3c2SC(F)(F)F)c(OC)c1. The van der Waals surface area contributed by atoms with Crippen LogP contribution in [0.2, 0.25) is 0 Å². The van der Waals surface area contributed by atoms with E-state index in [1.165, 1.54) is 30.8 Å². The van der Waals surface area contributed by atoms with Crippen molar-refractivity contribution in [1.82, 2.24) is 14.7 Å². The Bertz CT molecular complexity index is 1590. The van der Waals surface area contributed by atoms with E-state index in [9.17, 15) is 26.4 Å². The molecule has 1 aliphatic rings. The predicted octanol–water partition coefficient (Wildman–Crippen LogP) is 3.67. The van der Waals surface area contributed by atoms with Gasteiger partial charge in [-0.1, -0.05) is 5.92 Å². The molecule has 2 N–H and O–H groups in total. The maximum absolute atomic E-state index is 13.4. The third-order valence-electron chi connectivity index (χ3n) is 5.43. The number of nitrogens with one attached hydrogen (secondary N) is 2. The van der Waals surface area contributed by atoms with E-state index in [1.807, 2.05) is 0 Å². The molecule has 1 aliphatic heterocycles. The lowest BCUT2D eigenvalue weighted by Crippen LogP contribution is -2.17. The maximum Gasteiger partial charge on any atom is 0.447 e. The van der Waals surface area contributed by atoms with Crippen LogP contribution in [-0.2, 0) is 9.84 Å². The summed E-state index contributed by atoms with van der Waals surface area (Å²) in [5, 5.41) is 5.31. The highest BCUT2D eigenvalue weighted by atomic mass is 32.2. The smallest absolute Gasteiger partial charge is 0.447 e. The van der Waals surface area contributed by atoms with Gasteiger partial charge in [0.05, 0.1) is 30.8 Å². The molecule has 0 unspecified atom stereocenters. The van der Waals surface area contributed by atoms with Crippen molar-refractivity contribution in [2.75, 3.05) is 37.5 Å². The van der Waals surface area contributed by atoms with Gasteiger partial charge < -0.3 is 15.4 Å². The molecular formula is C24H22F3N5O4S2. The number of imidazole rings is 1. The van der Waals surface area contributed by atoms with E-state index in [0.717, 1.165) is 0 Å². The Balaban J connectivity index is 1.64. The van der Waals surface area contributed by atoms with Crippen molar-refractivity contribution in [3.63, 3.8) is 0 Å². The minimum atomic E-state index is -4.59. The summed E-state index contributed by atoms with van der Waals surface area (Å²) in [5.74, 6) is 5.37. The van der Waals surface area contributed by atoms with Crippen molar-refractivity contribution in [1.29, 1.82) is 0 Å². The highest BCUT2D eigenvalue weighted by Gasteiger charge is 2.33. The molecule has 200 valence electrons. The summed E-state index contributed by atoms with van der Waals surface area (Å²) in [5.41, 5.74) is -2.92. The molecule has 1 saturated heterocycles. The summed E-state index contributed by atoms with van der Waals surface area (Å²) >= 11 is -0.343. The molecule has 1 aromatic carbocycles. The van der Waals surface area contributed by atoms with Gasteiger partial charge in [0.2, 0.25) is 0 Å². The molecule has 3 heterocycles. The molecule has 1 fully saturated rings. The molecule has 0 spiro atoms. The number of nitrogens with zero attached hydrogens (tertiary/aromatic N) is 3. The second-order valence-corrected chi connectivity index (χ2v) is 11.3. The first-order valence-corrected chi connectivity index (χ1v) is 13.8. The normalized spacial score (nSPS) is 15.8. The van der Waals surface area contributed by atoms with Crippen molar-refractivity contribution in [2.45, 2.75) is 17.0 Å². The van der Waals surface area contributed by atoms with Crippen LogP contribution < -0.4 is 15.4 Å².